The van der Waals surface area contributed by atoms with Crippen molar-refractivity contribution in [3.05, 3.63) is 34.9 Å². The number of carbonyl (C=O) groups is 3. The molecule has 1 N–H and O–H groups in total. The van der Waals surface area contributed by atoms with Gasteiger partial charge >= 0.3 is 0 Å². The van der Waals surface area contributed by atoms with Gasteiger partial charge in [0.1, 0.15) is 0 Å². The maximum absolute atomic E-state index is 12.4. The Kier molecular flexibility index (Phi) is 6.76. The second-order valence-electron chi connectivity index (χ2n) is 5.12. The standard InChI is InChI=1S/C15H18N2O3.C2H6/c1-10-4-3-5-12-8-17(15(20)14(10)12)11(2)6-7-13(19)16-9-18;1-2/h3-5,9,11H,6-8H2,1-2H3,(H,16,18,19);1-2H3. The van der Waals surface area contributed by atoms with Crippen LogP contribution >= 0.6 is 0 Å². The smallest absolute Gasteiger partial charge is 0.255 e. The number of hydrogen-bond donors (Lipinski definition) is 1. The molecular weight excluding hydrogens is 280 g/mol. The number of fused-ring (bicyclic) bond motifs is 1. The molecule has 0 fully saturated rings. The minimum atomic E-state index is -0.313. The van der Waals surface area contributed by atoms with Gasteiger partial charge in [-0.15, -0.1) is 0 Å². The number of rotatable bonds is 5. The van der Waals surface area contributed by atoms with Crippen molar-refractivity contribution in [2.24, 2.45) is 0 Å². The van der Waals surface area contributed by atoms with Gasteiger partial charge in [-0.3, -0.25) is 19.7 Å². The van der Waals surface area contributed by atoms with E-state index in [4.69, 9.17) is 0 Å². The predicted molar refractivity (Wildman–Crippen MR) is 85.3 cm³/mol. The number of amides is 3. The summed E-state index contributed by atoms with van der Waals surface area (Å²) in [5.41, 5.74) is 2.82. The van der Waals surface area contributed by atoms with Crippen molar-refractivity contribution in [2.75, 3.05) is 0 Å². The fraction of sp³-hybridized carbons (Fsp3) is 0.471. The van der Waals surface area contributed by atoms with Crippen LogP contribution in [0.15, 0.2) is 18.2 Å². The lowest BCUT2D eigenvalue weighted by Gasteiger charge is -2.24. The van der Waals surface area contributed by atoms with E-state index < -0.39 is 0 Å². The molecule has 0 spiro atoms. The van der Waals surface area contributed by atoms with E-state index in [1.165, 1.54) is 0 Å². The molecular formula is C17H24N2O3. The lowest BCUT2D eigenvalue weighted by molar-refractivity contribution is -0.125. The number of nitrogens with one attached hydrogen (secondary N) is 1. The second-order valence-corrected chi connectivity index (χ2v) is 5.12. The van der Waals surface area contributed by atoms with Crippen molar-refractivity contribution >= 4 is 18.2 Å². The van der Waals surface area contributed by atoms with Crippen molar-refractivity contribution in [1.29, 1.82) is 0 Å². The van der Waals surface area contributed by atoms with Crippen molar-refractivity contribution in [1.82, 2.24) is 10.2 Å². The first-order chi connectivity index (χ1) is 10.5. The molecule has 1 aromatic carbocycles. The third kappa shape index (κ3) is 3.93. The van der Waals surface area contributed by atoms with Gasteiger partial charge in [0.05, 0.1) is 0 Å². The van der Waals surface area contributed by atoms with Crippen LogP contribution in [0.3, 0.4) is 0 Å². The fourth-order valence-electron chi connectivity index (χ4n) is 2.55. The van der Waals surface area contributed by atoms with Gasteiger partial charge in [-0.2, -0.15) is 0 Å². The summed E-state index contributed by atoms with van der Waals surface area (Å²) in [6.07, 6.45) is 1.16. The number of nitrogens with zero attached hydrogens (tertiary/aromatic N) is 1. The highest BCUT2D eigenvalue weighted by Crippen LogP contribution is 2.28. The van der Waals surface area contributed by atoms with Crippen LogP contribution in [0.4, 0.5) is 0 Å². The van der Waals surface area contributed by atoms with E-state index in [9.17, 15) is 14.4 Å². The van der Waals surface area contributed by atoms with E-state index in [0.29, 0.717) is 19.4 Å². The van der Waals surface area contributed by atoms with Gasteiger partial charge in [0.25, 0.3) is 5.91 Å². The number of imide groups is 1. The summed E-state index contributed by atoms with van der Waals surface area (Å²) in [5.74, 6) is -0.284. The molecule has 0 saturated carbocycles. The Morgan fingerprint density at radius 3 is 2.68 bits per heavy atom. The average Bonchev–Trinajstić information content (AvgIpc) is 2.86. The third-order valence-electron chi connectivity index (χ3n) is 3.72. The van der Waals surface area contributed by atoms with Crippen LogP contribution in [0.5, 0.6) is 0 Å². The molecule has 0 saturated heterocycles. The molecule has 1 atom stereocenters. The summed E-state index contributed by atoms with van der Waals surface area (Å²) in [4.78, 5) is 35.6. The van der Waals surface area contributed by atoms with Gasteiger partial charge in [-0.25, -0.2) is 0 Å². The van der Waals surface area contributed by atoms with Crippen LogP contribution in [-0.4, -0.2) is 29.2 Å². The second kappa shape index (κ2) is 8.32. The van der Waals surface area contributed by atoms with Crippen molar-refractivity contribution in [3.63, 3.8) is 0 Å². The zero-order valence-electron chi connectivity index (χ0n) is 13.7. The summed E-state index contributed by atoms with van der Waals surface area (Å²) < 4.78 is 0. The van der Waals surface area contributed by atoms with Gasteiger partial charge in [-0.1, -0.05) is 32.0 Å². The molecule has 120 valence electrons. The Labute approximate surface area is 131 Å². The highest BCUT2D eigenvalue weighted by molar-refractivity contribution is 5.99. The quantitative estimate of drug-likeness (QED) is 0.850. The normalized spacial score (nSPS) is 13.8. The maximum atomic E-state index is 12.4. The van der Waals surface area contributed by atoms with Crippen LogP contribution in [0.1, 0.15) is 55.1 Å². The molecule has 22 heavy (non-hydrogen) atoms. The van der Waals surface area contributed by atoms with E-state index in [-0.39, 0.29) is 24.3 Å². The third-order valence-corrected chi connectivity index (χ3v) is 3.72. The Morgan fingerprint density at radius 2 is 2.09 bits per heavy atom. The van der Waals surface area contributed by atoms with Gasteiger partial charge in [0.15, 0.2) is 0 Å². The average molecular weight is 304 g/mol. The first kappa shape index (κ1) is 17.9. The largest absolute Gasteiger partial charge is 0.332 e. The molecule has 5 heteroatoms. The van der Waals surface area contributed by atoms with Crippen molar-refractivity contribution < 1.29 is 14.4 Å². The SMILES string of the molecule is CC.Cc1cccc2c1C(=O)N(C(C)CCC(=O)NC=O)C2. The molecule has 3 amide bonds. The molecule has 0 bridgehead atoms. The highest BCUT2D eigenvalue weighted by atomic mass is 16.2. The topological polar surface area (TPSA) is 66.5 Å². The van der Waals surface area contributed by atoms with Crippen LogP contribution in [-0.2, 0) is 16.1 Å². The van der Waals surface area contributed by atoms with E-state index in [0.717, 1.165) is 16.7 Å². The van der Waals surface area contributed by atoms with Gasteiger partial charge in [0, 0.05) is 24.6 Å². The minimum Gasteiger partial charge on any atom is -0.332 e. The number of hydrogen-bond acceptors (Lipinski definition) is 3. The van der Waals surface area contributed by atoms with Crippen molar-refractivity contribution in [2.45, 2.75) is 53.1 Å². The fourth-order valence-corrected chi connectivity index (χ4v) is 2.55. The first-order valence-electron chi connectivity index (χ1n) is 7.67. The summed E-state index contributed by atoms with van der Waals surface area (Å²) in [6.45, 7) is 8.45. The molecule has 0 aromatic heterocycles. The van der Waals surface area contributed by atoms with E-state index in [1.807, 2.05) is 45.9 Å². The summed E-state index contributed by atoms with van der Waals surface area (Å²) >= 11 is 0. The summed E-state index contributed by atoms with van der Waals surface area (Å²) in [5, 5.41) is 2.11. The molecule has 0 aliphatic carbocycles. The van der Waals surface area contributed by atoms with Crippen LogP contribution in [0.2, 0.25) is 0 Å². The Balaban J connectivity index is 0.00000116. The van der Waals surface area contributed by atoms with Gasteiger partial charge in [0.2, 0.25) is 12.3 Å². The lowest BCUT2D eigenvalue weighted by Crippen LogP contribution is -2.34. The van der Waals surface area contributed by atoms with Crippen LogP contribution in [0.25, 0.3) is 0 Å². The lowest BCUT2D eigenvalue weighted by atomic mass is 10.0. The minimum absolute atomic E-state index is 0.0291. The molecule has 1 heterocycles. The molecule has 1 aromatic rings. The summed E-state index contributed by atoms with van der Waals surface area (Å²) in [6, 6.07) is 5.81. The van der Waals surface area contributed by atoms with Crippen LogP contribution in [0, 0.1) is 6.92 Å². The summed E-state index contributed by atoms with van der Waals surface area (Å²) in [7, 11) is 0. The van der Waals surface area contributed by atoms with E-state index >= 15 is 0 Å². The maximum Gasteiger partial charge on any atom is 0.255 e. The Morgan fingerprint density at radius 1 is 1.41 bits per heavy atom. The number of carbonyl (C=O) groups excluding carboxylic acids is 3. The highest BCUT2D eigenvalue weighted by Gasteiger charge is 2.31. The van der Waals surface area contributed by atoms with Crippen molar-refractivity contribution in [3.8, 4) is 0 Å². The zero-order chi connectivity index (χ0) is 16.7. The van der Waals surface area contributed by atoms with Gasteiger partial charge in [-0.05, 0) is 31.4 Å². The monoisotopic (exact) mass is 304 g/mol. The molecule has 1 aliphatic rings. The molecule has 1 aliphatic heterocycles. The molecule has 5 nitrogen and oxygen atoms in total. The van der Waals surface area contributed by atoms with Gasteiger partial charge < -0.3 is 4.90 Å². The first-order valence-corrected chi connectivity index (χ1v) is 7.67. The van der Waals surface area contributed by atoms with Crippen LogP contribution < -0.4 is 5.32 Å². The molecule has 1 unspecified atom stereocenters. The number of benzene rings is 1. The Bertz CT molecular complexity index is 555. The number of aryl methyl sites for hydroxylation is 1. The Hall–Kier alpha value is -2.17. The van der Waals surface area contributed by atoms with E-state index in [2.05, 4.69) is 5.32 Å². The zero-order valence-corrected chi connectivity index (χ0v) is 13.7. The predicted octanol–water partition coefficient (Wildman–Crippen LogP) is 2.42. The molecule has 0 radical (unpaired) electrons. The van der Waals surface area contributed by atoms with E-state index in [1.54, 1.807) is 4.90 Å². The molecule has 2 rings (SSSR count).